The summed E-state index contributed by atoms with van der Waals surface area (Å²) in [4.78, 5) is 2.21. The van der Waals surface area contributed by atoms with Gasteiger partial charge in [0.25, 0.3) is 0 Å². The summed E-state index contributed by atoms with van der Waals surface area (Å²) in [6.07, 6.45) is 0.805. The zero-order valence-electron chi connectivity index (χ0n) is 35.2. The van der Waals surface area contributed by atoms with Crippen LogP contribution in [0.5, 0.6) is 0 Å². The molecule has 0 N–H and O–H groups in total. The van der Waals surface area contributed by atoms with Gasteiger partial charge in [0.1, 0.15) is 0 Å². The van der Waals surface area contributed by atoms with Crippen LogP contribution >= 0.6 is 23.0 Å². The Balaban J connectivity index is 0.000000295. The fourth-order valence-electron chi connectivity index (χ4n) is 7.35. The van der Waals surface area contributed by atoms with Crippen molar-refractivity contribution in [1.82, 2.24) is 4.90 Å². The minimum absolute atomic E-state index is 0. The Bertz CT molecular complexity index is 2460. The van der Waals surface area contributed by atoms with Crippen molar-refractivity contribution in [1.29, 1.82) is 0 Å². The van der Waals surface area contributed by atoms with Crippen molar-refractivity contribution in [3.8, 4) is 0 Å². The van der Waals surface area contributed by atoms with Gasteiger partial charge < -0.3 is 9.46 Å². The van der Waals surface area contributed by atoms with E-state index in [0.717, 1.165) is 16.8 Å². The molecule has 0 fully saturated rings. The van der Waals surface area contributed by atoms with E-state index in [9.17, 15) is 0 Å². The maximum absolute atomic E-state index is 16.3. The summed E-state index contributed by atoms with van der Waals surface area (Å²) in [6, 6.07) is 80.1. The van der Waals surface area contributed by atoms with Gasteiger partial charge >= 0.3 is 20.4 Å². The molecule has 0 unspecified atom stereocenters. The molecule has 8 aromatic rings. The predicted molar refractivity (Wildman–Crippen MR) is 251 cm³/mol. The molecule has 0 aliphatic carbocycles. The summed E-state index contributed by atoms with van der Waals surface area (Å²) in [5.41, 5.74) is 1.28. The summed E-state index contributed by atoms with van der Waals surface area (Å²) in [7, 11) is -5.73. The molecular weight excluding hydrogens is 953 g/mol. The van der Waals surface area contributed by atoms with Crippen molar-refractivity contribution >= 4 is 65.6 Å². The number of fused-ring (bicyclic) bond motifs is 1. The summed E-state index contributed by atoms with van der Waals surface area (Å²) < 4.78 is 50.3. The molecule has 0 radical (unpaired) electrons. The van der Waals surface area contributed by atoms with E-state index in [2.05, 4.69) is 208 Å². The van der Waals surface area contributed by atoms with Crippen molar-refractivity contribution in [3.63, 3.8) is 0 Å². The molecule has 0 spiro atoms. The van der Waals surface area contributed by atoms with Crippen molar-refractivity contribution in [2.24, 2.45) is 0 Å². The quantitative estimate of drug-likeness (QED) is 0.0833. The van der Waals surface area contributed by atoms with Crippen LogP contribution in [0.15, 0.2) is 218 Å². The molecule has 63 heavy (non-hydrogen) atoms. The molecule has 0 aromatic heterocycles. The predicted octanol–water partition coefficient (Wildman–Crippen LogP) is 6.10. The monoisotopic (exact) mass is 1000 g/mol. The Labute approximate surface area is 390 Å². The normalized spacial score (nSPS) is 12.3. The summed E-state index contributed by atoms with van der Waals surface area (Å²) in [6.45, 7) is 2.21. The molecule has 0 saturated carbocycles. The average Bonchev–Trinajstić information content (AvgIpc) is 3.31. The third kappa shape index (κ3) is 13.7. The fraction of sp³-hybridized carbons (Fsp3) is 0.115. The maximum Gasteiger partial charge on any atom is 2.00 e. The van der Waals surface area contributed by atoms with Gasteiger partial charge in [-0.15, -0.1) is 32.6 Å². The van der Waals surface area contributed by atoms with E-state index >= 15 is 4.57 Å². The number of benzene rings is 8. The average molecular weight is 1000 g/mol. The molecule has 0 bridgehead atoms. The molecule has 0 aliphatic heterocycles. The Kier molecular flexibility index (Phi) is 19.2. The van der Waals surface area contributed by atoms with Gasteiger partial charge in [-0.1, -0.05) is 200 Å². The standard InChI is InChI=1S/C38H33OP3.C14H16N.ClHO4.Pd/c39-42(36-27-15-5-16-28-36,37-29-17-6-18-30-37)38(41(34-23-11-3-12-24-34)35-25-13-4-14-26-35)31-40(32-19-7-1-8-20-32)33-21-9-2-10-22-33;1-11(15(2)3)13-10-6-8-12-7-4-5-9-14(12)13;2-1(3,4)5;/h1-30,38H,31H2;4-9,11H,1-3H3;(H,2,3,4,5);/q;-1;;+2/p-1/t38-;11-;;/m00../s1. The Morgan fingerprint density at radius 2 is 0.889 bits per heavy atom. The van der Waals surface area contributed by atoms with Crippen LogP contribution in [-0.4, -0.2) is 30.6 Å². The zero-order valence-corrected chi connectivity index (χ0v) is 40.2. The van der Waals surface area contributed by atoms with Gasteiger partial charge in [0.2, 0.25) is 0 Å². The molecular formula is C52H49ClNO5P3Pd. The summed E-state index contributed by atoms with van der Waals surface area (Å²) >= 11 is 0. The van der Waals surface area contributed by atoms with Crippen molar-refractivity contribution in [3.05, 3.63) is 230 Å². The number of halogens is 1. The van der Waals surface area contributed by atoms with E-state index in [1.807, 2.05) is 42.5 Å². The fourth-order valence-corrected chi connectivity index (χ4v) is 19.1. The Hall–Kier alpha value is -4.14. The molecule has 0 heterocycles. The van der Waals surface area contributed by atoms with Crippen molar-refractivity contribution in [2.75, 3.05) is 20.3 Å². The Morgan fingerprint density at radius 1 is 0.540 bits per heavy atom. The second-order valence-corrected chi connectivity index (χ2v) is 23.4. The SMILES string of the molecule is C[C@@H](c1[c-]ccc2ccccc12)N(C)C.O=P(c1ccccc1)(c1ccccc1)[C@@H](CP(c1ccccc1)c1ccccc1)P(c1ccccc1)c1ccccc1.[O-][Cl+3]([O-])([O-])[O-].[Pd+2]. The van der Waals surface area contributed by atoms with Gasteiger partial charge in [-0.2, -0.15) is 18.2 Å². The van der Waals surface area contributed by atoms with Crippen LogP contribution in [0.25, 0.3) is 10.8 Å². The zero-order chi connectivity index (χ0) is 44.0. The first-order chi connectivity index (χ1) is 29.9. The number of rotatable bonds is 12. The van der Waals surface area contributed by atoms with Gasteiger partial charge in [-0.25, -0.2) is 18.6 Å². The van der Waals surface area contributed by atoms with Crippen LogP contribution in [0.3, 0.4) is 0 Å². The first-order valence-corrected chi connectivity index (χ1v) is 26.1. The second-order valence-electron chi connectivity index (χ2n) is 14.6. The third-order valence-electron chi connectivity index (χ3n) is 10.5. The van der Waals surface area contributed by atoms with Crippen LogP contribution < -0.4 is 50.5 Å². The van der Waals surface area contributed by atoms with Crippen molar-refractivity contribution < 1.29 is 53.9 Å². The van der Waals surface area contributed by atoms with Crippen molar-refractivity contribution in [2.45, 2.75) is 18.4 Å². The van der Waals surface area contributed by atoms with E-state index < -0.39 is 33.2 Å². The smallest absolute Gasteiger partial charge is 0.313 e. The van der Waals surface area contributed by atoms with E-state index in [1.165, 1.54) is 37.6 Å². The topological polar surface area (TPSA) is 113 Å². The summed E-state index contributed by atoms with van der Waals surface area (Å²) in [5.74, 6) is 0. The van der Waals surface area contributed by atoms with E-state index in [4.69, 9.17) is 18.6 Å². The molecule has 8 aromatic carbocycles. The molecule has 324 valence electrons. The third-order valence-corrected chi connectivity index (χ3v) is 21.0. The van der Waals surface area contributed by atoms with Gasteiger partial charge in [0.05, 0.1) is 5.40 Å². The number of hydrogen-bond acceptors (Lipinski definition) is 6. The number of hydrogen-bond donors (Lipinski definition) is 0. The van der Waals surface area contributed by atoms with Gasteiger partial charge in [-0.05, 0) is 64.2 Å². The minimum atomic E-state index is -4.94. The van der Waals surface area contributed by atoms with E-state index in [0.29, 0.717) is 6.04 Å². The first-order valence-electron chi connectivity index (χ1n) is 20.1. The minimum Gasteiger partial charge on any atom is -0.313 e. The molecule has 2 atom stereocenters. The number of nitrogens with zero attached hydrogens (tertiary/aromatic N) is 1. The Morgan fingerprint density at radius 3 is 1.29 bits per heavy atom. The molecule has 0 aliphatic rings. The molecule has 0 saturated heterocycles. The van der Waals surface area contributed by atoms with Crippen LogP contribution in [0, 0.1) is 16.3 Å². The molecule has 6 nitrogen and oxygen atoms in total. The maximum atomic E-state index is 16.3. The van der Waals surface area contributed by atoms with Crippen LogP contribution in [-0.2, 0) is 25.0 Å². The van der Waals surface area contributed by atoms with Gasteiger partial charge in [-0.3, -0.25) is 0 Å². The van der Waals surface area contributed by atoms with E-state index in [1.54, 1.807) is 0 Å². The van der Waals surface area contributed by atoms with Gasteiger partial charge in [0, 0.05) is 16.7 Å². The molecule has 0 amide bonds. The van der Waals surface area contributed by atoms with Crippen LogP contribution in [0.2, 0.25) is 0 Å². The largest absolute Gasteiger partial charge is 2.00 e. The van der Waals surface area contributed by atoms with Crippen LogP contribution in [0.4, 0.5) is 0 Å². The van der Waals surface area contributed by atoms with E-state index in [-0.39, 0.29) is 25.8 Å². The molecule has 8 rings (SSSR count). The second kappa shape index (κ2) is 24.2. The summed E-state index contributed by atoms with van der Waals surface area (Å²) in [5, 5.41) is 9.46. The van der Waals surface area contributed by atoms with Gasteiger partial charge in [0.15, 0.2) is 7.14 Å². The first kappa shape index (κ1) is 49.9. The van der Waals surface area contributed by atoms with Crippen LogP contribution in [0.1, 0.15) is 18.5 Å². The molecule has 11 heteroatoms.